The van der Waals surface area contributed by atoms with E-state index in [1.807, 2.05) is 38.1 Å². The van der Waals surface area contributed by atoms with Gasteiger partial charge >= 0.3 is 5.97 Å². The third kappa shape index (κ3) is 1.49. The molecule has 0 spiro atoms. The minimum atomic E-state index is -1.19. The second-order valence-corrected chi connectivity index (χ2v) is 4.74. The van der Waals surface area contributed by atoms with E-state index in [1.165, 1.54) is 6.20 Å². The number of hydrogen-bond acceptors (Lipinski definition) is 2. The monoisotopic (exact) mass is 270 g/mol. The van der Waals surface area contributed by atoms with E-state index in [0.29, 0.717) is 12.1 Å². The van der Waals surface area contributed by atoms with Crippen molar-refractivity contribution >= 4 is 22.4 Å². The highest BCUT2D eigenvalue weighted by molar-refractivity contribution is 5.94. The standard InChI is InChI=1S/C15H14N2O3/c1-3-16-8-11(15(19)20)14(18)13-9(2)10-6-4-5-7-12(10)17(13)16/h4-8H,3H2,1-2H3,(H,19,20). The zero-order chi connectivity index (χ0) is 14.4. The van der Waals surface area contributed by atoms with Gasteiger partial charge in [0.05, 0.1) is 5.52 Å². The Labute approximate surface area is 114 Å². The van der Waals surface area contributed by atoms with Crippen LogP contribution in [0.4, 0.5) is 0 Å². The van der Waals surface area contributed by atoms with Gasteiger partial charge in [-0.05, 0) is 25.5 Å². The molecule has 5 heteroatoms. The summed E-state index contributed by atoms with van der Waals surface area (Å²) in [5.41, 5.74) is 1.54. The van der Waals surface area contributed by atoms with Gasteiger partial charge in [-0.2, -0.15) is 0 Å². The van der Waals surface area contributed by atoms with Crippen LogP contribution >= 0.6 is 0 Å². The molecule has 0 unspecified atom stereocenters. The van der Waals surface area contributed by atoms with Crippen LogP contribution < -0.4 is 5.43 Å². The van der Waals surface area contributed by atoms with Gasteiger partial charge in [0.15, 0.2) is 0 Å². The number of aromatic carboxylic acids is 1. The average molecular weight is 270 g/mol. The third-order valence-corrected chi connectivity index (χ3v) is 3.65. The number of rotatable bonds is 2. The molecule has 0 saturated carbocycles. The average Bonchev–Trinajstić information content (AvgIpc) is 2.74. The zero-order valence-corrected chi connectivity index (χ0v) is 11.3. The number of nitrogens with zero attached hydrogens (tertiary/aromatic N) is 2. The lowest BCUT2D eigenvalue weighted by atomic mass is 10.1. The summed E-state index contributed by atoms with van der Waals surface area (Å²) in [6.45, 7) is 4.35. The molecule has 5 nitrogen and oxygen atoms in total. The van der Waals surface area contributed by atoms with Crippen LogP contribution in [0.3, 0.4) is 0 Å². The SMILES string of the molecule is CCn1cc(C(=O)O)c(=O)c2c(C)c3ccccc3n21. The highest BCUT2D eigenvalue weighted by Crippen LogP contribution is 2.24. The van der Waals surface area contributed by atoms with E-state index in [2.05, 4.69) is 0 Å². The number of aryl methyl sites for hydroxylation is 2. The van der Waals surface area contributed by atoms with Gasteiger partial charge < -0.3 is 5.11 Å². The summed E-state index contributed by atoms with van der Waals surface area (Å²) in [5, 5.41) is 10.2. The van der Waals surface area contributed by atoms with Gasteiger partial charge in [0.1, 0.15) is 11.1 Å². The third-order valence-electron chi connectivity index (χ3n) is 3.65. The minimum Gasteiger partial charge on any atom is -0.477 e. The Hall–Kier alpha value is -2.56. The molecule has 2 aromatic heterocycles. The van der Waals surface area contributed by atoms with Gasteiger partial charge in [0.25, 0.3) is 0 Å². The van der Waals surface area contributed by atoms with Crippen molar-refractivity contribution in [3.63, 3.8) is 0 Å². The van der Waals surface area contributed by atoms with E-state index in [1.54, 1.807) is 9.20 Å². The maximum Gasteiger partial charge on any atom is 0.341 e. The molecule has 20 heavy (non-hydrogen) atoms. The van der Waals surface area contributed by atoms with Crippen molar-refractivity contribution < 1.29 is 9.90 Å². The molecule has 0 radical (unpaired) electrons. The second kappa shape index (κ2) is 4.23. The molecule has 102 valence electrons. The number of carboxylic acid groups (broad SMARTS) is 1. The maximum atomic E-state index is 12.4. The van der Waals surface area contributed by atoms with Crippen molar-refractivity contribution in [3.05, 3.63) is 51.8 Å². The summed E-state index contributed by atoms with van der Waals surface area (Å²) >= 11 is 0. The Kier molecular flexibility index (Phi) is 2.64. The Morgan fingerprint density at radius 3 is 2.65 bits per heavy atom. The first kappa shape index (κ1) is 12.5. The predicted molar refractivity (Wildman–Crippen MR) is 76.5 cm³/mol. The van der Waals surface area contributed by atoms with Crippen LogP contribution in [0.25, 0.3) is 16.4 Å². The Morgan fingerprint density at radius 2 is 2.00 bits per heavy atom. The molecule has 1 N–H and O–H groups in total. The smallest absolute Gasteiger partial charge is 0.341 e. The van der Waals surface area contributed by atoms with Crippen molar-refractivity contribution in [2.75, 3.05) is 0 Å². The van der Waals surface area contributed by atoms with Gasteiger partial charge in [-0.15, -0.1) is 0 Å². The second-order valence-electron chi connectivity index (χ2n) is 4.74. The molecule has 3 aromatic rings. The molecule has 0 saturated heterocycles. The molecule has 0 fully saturated rings. The molecule has 0 aliphatic rings. The zero-order valence-electron chi connectivity index (χ0n) is 11.3. The van der Waals surface area contributed by atoms with E-state index >= 15 is 0 Å². The number of hydrogen-bond donors (Lipinski definition) is 1. The number of carboxylic acids is 1. The lowest BCUT2D eigenvalue weighted by Gasteiger charge is -2.10. The molecule has 3 rings (SSSR count). The predicted octanol–water partition coefficient (Wildman–Crippen LogP) is 2.28. The first-order valence-electron chi connectivity index (χ1n) is 6.43. The molecule has 0 aliphatic heterocycles. The van der Waals surface area contributed by atoms with Crippen LogP contribution in [0, 0.1) is 6.92 Å². The van der Waals surface area contributed by atoms with Gasteiger partial charge in [0, 0.05) is 18.1 Å². The summed E-state index contributed by atoms with van der Waals surface area (Å²) in [7, 11) is 0. The Morgan fingerprint density at radius 1 is 1.30 bits per heavy atom. The lowest BCUT2D eigenvalue weighted by Crippen LogP contribution is -2.23. The summed E-state index contributed by atoms with van der Waals surface area (Å²) in [4.78, 5) is 23.7. The van der Waals surface area contributed by atoms with Crippen LogP contribution in [0.2, 0.25) is 0 Å². The first-order valence-corrected chi connectivity index (χ1v) is 6.43. The number of para-hydroxylation sites is 1. The van der Waals surface area contributed by atoms with Crippen molar-refractivity contribution in [3.8, 4) is 0 Å². The molecule has 0 aliphatic carbocycles. The van der Waals surface area contributed by atoms with Crippen molar-refractivity contribution in [2.45, 2.75) is 20.4 Å². The quantitative estimate of drug-likeness (QED) is 0.777. The molecule has 1 aromatic carbocycles. The fourth-order valence-electron chi connectivity index (χ4n) is 2.69. The van der Waals surface area contributed by atoms with E-state index < -0.39 is 11.4 Å². The summed E-state index contributed by atoms with van der Waals surface area (Å²) < 4.78 is 3.56. The van der Waals surface area contributed by atoms with Crippen molar-refractivity contribution in [1.82, 2.24) is 9.20 Å². The molecule has 2 heterocycles. The van der Waals surface area contributed by atoms with E-state index in [0.717, 1.165) is 16.5 Å². The van der Waals surface area contributed by atoms with Crippen molar-refractivity contribution in [2.24, 2.45) is 0 Å². The molecule has 0 atom stereocenters. The molecular weight excluding hydrogens is 256 g/mol. The van der Waals surface area contributed by atoms with E-state index in [-0.39, 0.29) is 5.56 Å². The fraction of sp³-hybridized carbons (Fsp3) is 0.200. The number of fused-ring (bicyclic) bond motifs is 3. The van der Waals surface area contributed by atoms with E-state index in [9.17, 15) is 14.7 Å². The summed E-state index contributed by atoms with van der Waals surface area (Å²) in [5.74, 6) is -1.19. The molecular formula is C15H14N2O3. The highest BCUT2D eigenvalue weighted by Gasteiger charge is 2.19. The number of benzene rings is 1. The van der Waals surface area contributed by atoms with Crippen LogP contribution in [0.15, 0.2) is 35.3 Å². The summed E-state index contributed by atoms with van der Waals surface area (Å²) in [6.07, 6.45) is 1.41. The molecule has 0 bridgehead atoms. The van der Waals surface area contributed by atoms with E-state index in [4.69, 9.17) is 0 Å². The Balaban J connectivity index is 2.66. The van der Waals surface area contributed by atoms with Crippen LogP contribution in [0.1, 0.15) is 22.8 Å². The topological polar surface area (TPSA) is 63.7 Å². The van der Waals surface area contributed by atoms with Gasteiger partial charge in [-0.1, -0.05) is 18.2 Å². The number of carbonyl (C=O) groups is 1. The first-order chi connectivity index (χ1) is 9.56. The van der Waals surface area contributed by atoms with Crippen LogP contribution in [0.5, 0.6) is 0 Å². The van der Waals surface area contributed by atoms with Crippen molar-refractivity contribution in [1.29, 1.82) is 0 Å². The summed E-state index contributed by atoms with van der Waals surface area (Å²) in [6, 6.07) is 7.69. The Bertz CT molecular complexity index is 903. The molecule has 0 amide bonds. The van der Waals surface area contributed by atoms with Gasteiger partial charge in [-0.25, -0.2) is 9.31 Å². The lowest BCUT2D eigenvalue weighted by molar-refractivity contribution is 0.0694. The number of aromatic nitrogens is 2. The highest BCUT2D eigenvalue weighted by atomic mass is 16.4. The van der Waals surface area contributed by atoms with Gasteiger partial charge in [0.2, 0.25) is 5.43 Å². The van der Waals surface area contributed by atoms with Crippen LogP contribution in [-0.2, 0) is 6.54 Å². The fourth-order valence-corrected chi connectivity index (χ4v) is 2.69. The minimum absolute atomic E-state index is 0.190. The maximum absolute atomic E-state index is 12.4. The van der Waals surface area contributed by atoms with Gasteiger partial charge in [-0.3, -0.25) is 9.48 Å². The van der Waals surface area contributed by atoms with Crippen LogP contribution in [-0.4, -0.2) is 20.3 Å². The largest absolute Gasteiger partial charge is 0.477 e. The normalized spacial score (nSPS) is 11.3.